The molecule has 3 rings (SSSR count). The highest BCUT2D eigenvalue weighted by molar-refractivity contribution is 7.10. The van der Waals surface area contributed by atoms with E-state index in [2.05, 4.69) is 36.6 Å². The maximum absolute atomic E-state index is 6.32. The van der Waals surface area contributed by atoms with Gasteiger partial charge in [0.1, 0.15) is 11.9 Å². The Labute approximate surface area is 129 Å². The van der Waals surface area contributed by atoms with Gasteiger partial charge in [0.05, 0.1) is 0 Å². The lowest BCUT2D eigenvalue weighted by Gasteiger charge is -2.19. The van der Waals surface area contributed by atoms with Gasteiger partial charge in [0, 0.05) is 16.7 Å². The van der Waals surface area contributed by atoms with Crippen LogP contribution in [0.1, 0.15) is 23.0 Å². The number of aryl methyl sites for hydroxylation is 1. The number of thiophene rings is 1. The second-order valence-electron chi connectivity index (χ2n) is 5.13. The van der Waals surface area contributed by atoms with Crippen molar-refractivity contribution in [1.82, 2.24) is 0 Å². The molecular weight excluding hydrogens is 278 g/mol. The van der Waals surface area contributed by atoms with Gasteiger partial charge in [-0.25, -0.2) is 0 Å². The molecule has 3 aromatic rings. The molecule has 1 aromatic heterocycles. The molecule has 0 spiro atoms. The highest BCUT2D eigenvalue weighted by Crippen LogP contribution is 2.34. The Bertz CT molecular complexity index is 729. The molecule has 2 N–H and O–H groups in total. The van der Waals surface area contributed by atoms with Gasteiger partial charge in [0.25, 0.3) is 0 Å². The van der Waals surface area contributed by atoms with Gasteiger partial charge in [-0.2, -0.15) is 0 Å². The first kappa shape index (κ1) is 14.1. The number of nitrogens with two attached hydrogens (primary N) is 1. The third kappa shape index (κ3) is 2.94. The van der Waals surface area contributed by atoms with Gasteiger partial charge in [0.15, 0.2) is 0 Å². The Morgan fingerprint density at radius 3 is 2.67 bits per heavy atom. The number of hydrogen-bond donors (Lipinski definition) is 1. The van der Waals surface area contributed by atoms with E-state index in [0.29, 0.717) is 6.54 Å². The SMILES string of the molecule is Cc1ccsc1C(CCN)Oc1cccc2ccccc12. The molecule has 2 aromatic carbocycles. The van der Waals surface area contributed by atoms with Gasteiger partial charge in [-0.3, -0.25) is 0 Å². The van der Waals surface area contributed by atoms with Crippen molar-refractivity contribution in [2.24, 2.45) is 5.73 Å². The minimum atomic E-state index is 0.0285. The van der Waals surface area contributed by atoms with Crippen LogP contribution in [0.2, 0.25) is 0 Å². The van der Waals surface area contributed by atoms with Crippen molar-refractivity contribution >= 4 is 22.1 Å². The second kappa shape index (κ2) is 6.29. The maximum Gasteiger partial charge on any atom is 0.134 e. The lowest BCUT2D eigenvalue weighted by molar-refractivity contribution is 0.203. The molecule has 1 unspecified atom stereocenters. The number of hydrogen-bond acceptors (Lipinski definition) is 3. The van der Waals surface area contributed by atoms with E-state index < -0.39 is 0 Å². The monoisotopic (exact) mass is 297 g/mol. The van der Waals surface area contributed by atoms with Gasteiger partial charge < -0.3 is 10.5 Å². The Morgan fingerprint density at radius 2 is 1.90 bits per heavy atom. The Kier molecular flexibility index (Phi) is 4.23. The van der Waals surface area contributed by atoms with Gasteiger partial charge in [-0.15, -0.1) is 11.3 Å². The summed E-state index contributed by atoms with van der Waals surface area (Å²) in [5, 5.41) is 4.46. The van der Waals surface area contributed by atoms with Crippen LogP contribution in [-0.2, 0) is 0 Å². The zero-order chi connectivity index (χ0) is 14.7. The third-order valence-electron chi connectivity index (χ3n) is 3.64. The van der Waals surface area contributed by atoms with Crippen LogP contribution >= 0.6 is 11.3 Å². The van der Waals surface area contributed by atoms with Crippen molar-refractivity contribution < 1.29 is 4.74 Å². The molecule has 108 valence electrons. The molecule has 0 saturated carbocycles. The summed E-state index contributed by atoms with van der Waals surface area (Å²) >= 11 is 1.74. The molecule has 0 amide bonds. The smallest absolute Gasteiger partial charge is 0.134 e. The summed E-state index contributed by atoms with van der Waals surface area (Å²) in [6.07, 6.45) is 0.853. The van der Waals surface area contributed by atoms with Crippen LogP contribution in [0.3, 0.4) is 0 Å². The highest BCUT2D eigenvalue weighted by atomic mass is 32.1. The topological polar surface area (TPSA) is 35.2 Å². The van der Waals surface area contributed by atoms with E-state index in [-0.39, 0.29) is 6.10 Å². The average molecular weight is 297 g/mol. The largest absolute Gasteiger partial charge is 0.484 e. The summed E-state index contributed by atoms with van der Waals surface area (Å²) in [6.45, 7) is 2.74. The number of fused-ring (bicyclic) bond motifs is 1. The highest BCUT2D eigenvalue weighted by Gasteiger charge is 2.17. The summed E-state index contributed by atoms with van der Waals surface area (Å²) < 4.78 is 6.32. The molecule has 1 heterocycles. The summed E-state index contributed by atoms with van der Waals surface area (Å²) in [4.78, 5) is 1.27. The van der Waals surface area contributed by atoms with Gasteiger partial charge in [-0.1, -0.05) is 36.4 Å². The minimum Gasteiger partial charge on any atom is -0.484 e. The van der Waals surface area contributed by atoms with E-state index in [1.807, 2.05) is 24.3 Å². The molecule has 3 heteroatoms. The zero-order valence-electron chi connectivity index (χ0n) is 12.1. The molecule has 0 radical (unpaired) electrons. The van der Waals surface area contributed by atoms with Crippen molar-refractivity contribution in [3.05, 3.63) is 64.4 Å². The average Bonchev–Trinajstić information content (AvgIpc) is 2.93. The fourth-order valence-corrected chi connectivity index (χ4v) is 3.55. The van der Waals surface area contributed by atoms with Crippen molar-refractivity contribution in [2.45, 2.75) is 19.4 Å². The first-order valence-corrected chi connectivity index (χ1v) is 8.06. The molecule has 0 bridgehead atoms. The Morgan fingerprint density at radius 1 is 1.10 bits per heavy atom. The molecule has 0 aliphatic carbocycles. The van der Waals surface area contributed by atoms with Crippen LogP contribution < -0.4 is 10.5 Å². The quantitative estimate of drug-likeness (QED) is 0.742. The van der Waals surface area contributed by atoms with Crippen LogP contribution in [0.25, 0.3) is 10.8 Å². The zero-order valence-corrected chi connectivity index (χ0v) is 12.9. The van der Waals surface area contributed by atoms with Crippen molar-refractivity contribution in [3.8, 4) is 5.75 Å². The van der Waals surface area contributed by atoms with Gasteiger partial charge >= 0.3 is 0 Å². The molecule has 0 aliphatic heterocycles. The summed E-state index contributed by atoms with van der Waals surface area (Å²) in [6, 6.07) is 16.6. The van der Waals surface area contributed by atoms with Crippen molar-refractivity contribution in [1.29, 1.82) is 0 Å². The molecule has 0 aliphatic rings. The van der Waals surface area contributed by atoms with Crippen molar-refractivity contribution in [2.75, 3.05) is 6.54 Å². The second-order valence-corrected chi connectivity index (χ2v) is 6.08. The predicted octanol–water partition coefficient (Wildman–Crippen LogP) is 4.68. The first-order valence-electron chi connectivity index (χ1n) is 7.18. The molecular formula is C18H19NOS. The van der Waals surface area contributed by atoms with E-state index in [4.69, 9.17) is 10.5 Å². The third-order valence-corrected chi connectivity index (χ3v) is 4.75. The van der Waals surface area contributed by atoms with Crippen LogP contribution in [-0.4, -0.2) is 6.54 Å². The lowest BCUT2D eigenvalue weighted by atomic mass is 10.1. The van der Waals surface area contributed by atoms with E-state index in [9.17, 15) is 0 Å². The lowest BCUT2D eigenvalue weighted by Crippen LogP contribution is -2.13. The summed E-state index contributed by atoms with van der Waals surface area (Å²) in [5.74, 6) is 0.930. The van der Waals surface area contributed by atoms with Crippen molar-refractivity contribution in [3.63, 3.8) is 0 Å². The standard InChI is InChI=1S/C18H19NOS/c1-13-10-12-21-18(13)17(9-11-19)20-16-8-4-6-14-5-2-3-7-15(14)16/h2-8,10,12,17H,9,11,19H2,1H3. The molecule has 21 heavy (non-hydrogen) atoms. The van der Waals surface area contributed by atoms with Crippen LogP contribution in [0, 0.1) is 6.92 Å². The van der Waals surface area contributed by atoms with E-state index >= 15 is 0 Å². The first-order chi connectivity index (χ1) is 10.3. The van der Waals surface area contributed by atoms with Gasteiger partial charge in [0.2, 0.25) is 0 Å². The normalized spacial score (nSPS) is 12.5. The van der Waals surface area contributed by atoms with E-state index in [0.717, 1.165) is 17.6 Å². The number of ether oxygens (including phenoxy) is 1. The Balaban J connectivity index is 1.97. The molecule has 2 nitrogen and oxygen atoms in total. The van der Waals surface area contributed by atoms with Crippen LogP contribution in [0.15, 0.2) is 53.9 Å². The van der Waals surface area contributed by atoms with Crippen LogP contribution in [0.5, 0.6) is 5.75 Å². The molecule has 0 saturated heterocycles. The molecule has 0 fully saturated rings. The van der Waals surface area contributed by atoms with Gasteiger partial charge in [-0.05, 0) is 41.9 Å². The summed E-state index contributed by atoms with van der Waals surface area (Å²) in [7, 11) is 0. The minimum absolute atomic E-state index is 0.0285. The molecule has 1 atom stereocenters. The maximum atomic E-state index is 6.32. The van der Waals surface area contributed by atoms with Crippen LogP contribution in [0.4, 0.5) is 0 Å². The number of rotatable bonds is 5. The van der Waals surface area contributed by atoms with E-state index in [1.165, 1.54) is 15.8 Å². The fourth-order valence-electron chi connectivity index (χ4n) is 2.56. The fraction of sp³-hybridized carbons (Fsp3) is 0.222. The van der Waals surface area contributed by atoms with E-state index in [1.54, 1.807) is 11.3 Å². The predicted molar refractivity (Wildman–Crippen MR) is 90.0 cm³/mol. The summed E-state index contributed by atoms with van der Waals surface area (Å²) in [5.41, 5.74) is 7.05. The number of benzene rings is 2. The Hall–Kier alpha value is -1.84.